The summed E-state index contributed by atoms with van der Waals surface area (Å²) in [5, 5.41) is 3.45. The molecule has 0 saturated carbocycles. The molecule has 2 aromatic rings. The van der Waals surface area contributed by atoms with E-state index in [1.807, 2.05) is 37.8 Å². The third-order valence-corrected chi connectivity index (χ3v) is 6.56. The number of rotatable bonds is 2. The maximum absolute atomic E-state index is 12.5. The molecule has 0 spiro atoms. The lowest BCUT2D eigenvalue weighted by molar-refractivity contribution is -0.141. The van der Waals surface area contributed by atoms with Crippen molar-refractivity contribution in [2.24, 2.45) is 5.41 Å². The molecule has 146 valence electrons. The van der Waals surface area contributed by atoms with Crippen LogP contribution >= 0.6 is 11.3 Å². The molecule has 2 amide bonds. The molecule has 3 N–H and O–H groups in total. The smallest absolute Gasteiger partial charge is 0.263 e. The fourth-order valence-electron chi connectivity index (χ4n) is 3.55. The summed E-state index contributed by atoms with van der Waals surface area (Å²) >= 11 is 1.33. The number of thiophene rings is 1. The Morgan fingerprint density at radius 3 is 2.44 bits per heavy atom. The molecular formula is C20H28N4O2S. The Bertz CT molecular complexity index is 889. The van der Waals surface area contributed by atoms with Crippen LogP contribution in [0, 0.1) is 5.41 Å². The highest BCUT2D eigenvalue weighted by atomic mass is 32.1. The van der Waals surface area contributed by atoms with Crippen molar-refractivity contribution in [2.45, 2.75) is 46.0 Å². The Labute approximate surface area is 164 Å². The summed E-state index contributed by atoms with van der Waals surface area (Å²) in [5.74, 6) is 0.0199. The van der Waals surface area contributed by atoms with Crippen LogP contribution in [0.1, 0.15) is 55.9 Å². The summed E-state index contributed by atoms with van der Waals surface area (Å²) in [4.78, 5) is 32.6. The van der Waals surface area contributed by atoms with Crippen LogP contribution in [0.15, 0.2) is 12.1 Å². The van der Waals surface area contributed by atoms with Gasteiger partial charge in [-0.2, -0.15) is 0 Å². The second-order valence-corrected chi connectivity index (χ2v) is 9.58. The first kappa shape index (κ1) is 19.6. The number of nitrogens with one attached hydrogen (secondary N) is 1. The van der Waals surface area contributed by atoms with Gasteiger partial charge >= 0.3 is 0 Å². The van der Waals surface area contributed by atoms with Crippen LogP contribution in [-0.2, 0) is 10.2 Å². The van der Waals surface area contributed by atoms with E-state index in [-0.39, 0.29) is 22.6 Å². The van der Waals surface area contributed by atoms with Crippen LogP contribution in [-0.4, -0.2) is 41.8 Å². The number of piperidine rings is 1. The summed E-state index contributed by atoms with van der Waals surface area (Å²) in [6, 6.07) is 3.98. The number of hydrogen-bond donors (Lipinski definition) is 2. The molecule has 1 aliphatic heterocycles. The number of pyridine rings is 1. The Hall–Kier alpha value is -2.15. The number of nitrogens with two attached hydrogens (primary N) is 1. The molecule has 3 heterocycles. The molecule has 0 unspecified atom stereocenters. The maximum Gasteiger partial charge on any atom is 0.263 e. The number of fused-ring (bicyclic) bond motifs is 1. The highest BCUT2D eigenvalue weighted by Crippen LogP contribution is 2.38. The lowest BCUT2D eigenvalue weighted by Gasteiger charge is -2.41. The van der Waals surface area contributed by atoms with Crippen molar-refractivity contribution in [3.63, 3.8) is 0 Å². The Kier molecular flexibility index (Phi) is 4.93. The average Bonchev–Trinajstić information content (AvgIpc) is 2.96. The number of hydrogen-bond acceptors (Lipinski definition) is 5. The van der Waals surface area contributed by atoms with E-state index in [1.54, 1.807) is 7.05 Å². The van der Waals surface area contributed by atoms with Crippen LogP contribution in [0.5, 0.6) is 0 Å². The normalized spacial score (nSPS) is 17.1. The third-order valence-electron chi connectivity index (χ3n) is 5.44. The molecule has 1 saturated heterocycles. The number of carbonyl (C=O) groups is 2. The topological polar surface area (TPSA) is 88.3 Å². The van der Waals surface area contributed by atoms with E-state index >= 15 is 0 Å². The highest BCUT2D eigenvalue weighted by molar-refractivity contribution is 7.21. The molecule has 0 aliphatic carbocycles. The third kappa shape index (κ3) is 3.52. The Morgan fingerprint density at radius 1 is 1.26 bits per heavy atom. The molecule has 0 aromatic carbocycles. The van der Waals surface area contributed by atoms with Crippen LogP contribution in [0.25, 0.3) is 10.2 Å². The molecule has 6 nitrogen and oxygen atoms in total. The monoisotopic (exact) mass is 388 g/mol. The van der Waals surface area contributed by atoms with Crippen molar-refractivity contribution < 1.29 is 9.59 Å². The predicted octanol–water partition coefficient (Wildman–Crippen LogP) is 3.16. The number of aromatic nitrogens is 1. The summed E-state index contributed by atoms with van der Waals surface area (Å²) in [6.45, 7) is 9.57. The predicted molar refractivity (Wildman–Crippen MR) is 110 cm³/mol. The first-order chi connectivity index (χ1) is 12.6. The standard InChI is InChI=1S/C20H28N4O2S/c1-19(2,3)18(26)24-10-8-20(4,9-11-24)13-7-6-12-14(21)15(16(25)22-5)27-17(12)23-13/h6-7H,8-11,21H2,1-5H3,(H,22,25). The summed E-state index contributed by atoms with van der Waals surface area (Å²) in [7, 11) is 1.60. The van der Waals surface area contributed by atoms with Gasteiger partial charge in [-0.05, 0) is 25.0 Å². The molecule has 0 radical (unpaired) electrons. The van der Waals surface area contributed by atoms with Crippen molar-refractivity contribution >= 4 is 39.1 Å². The quantitative estimate of drug-likeness (QED) is 0.827. The molecule has 7 heteroatoms. The molecular weight excluding hydrogens is 360 g/mol. The molecule has 1 fully saturated rings. The van der Waals surface area contributed by atoms with Gasteiger partial charge in [0.05, 0.1) is 5.69 Å². The zero-order chi connectivity index (χ0) is 20.0. The largest absolute Gasteiger partial charge is 0.397 e. The van der Waals surface area contributed by atoms with Crippen LogP contribution < -0.4 is 11.1 Å². The van der Waals surface area contributed by atoms with Gasteiger partial charge in [-0.25, -0.2) is 4.98 Å². The Balaban J connectivity index is 1.85. The molecule has 27 heavy (non-hydrogen) atoms. The minimum absolute atomic E-state index is 0.0885. The van der Waals surface area contributed by atoms with Crippen LogP contribution in [0.4, 0.5) is 5.69 Å². The summed E-state index contributed by atoms with van der Waals surface area (Å²) in [5.41, 5.74) is 7.19. The molecule has 2 aromatic heterocycles. The first-order valence-corrected chi connectivity index (χ1v) is 10.1. The first-order valence-electron chi connectivity index (χ1n) is 9.28. The van der Waals surface area contributed by atoms with E-state index < -0.39 is 0 Å². The number of amides is 2. The van der Waals surface area contributed by atoms with Gasteiger partial charge in [0.2, 0.25) is 5.91 Å². The maximum atomic E-state index is 12.5. The molecule has 0 bridgehead atoms. The average molecular weight is 389 g/mol. The SMILES string of the molecule is CNC(=O)c1sc2nc(C3(C)CCN(C(=O)C(C)(C)C)CC3)ccc2c1N. The van der Waals surface area contributed by atoms with Crippen molar-refractivity contribution in [1.29, 1.82) is 0 Å². The van der Waals surface area contributed by atoms with Crippen molar-refractivity contribution in [3.05, 3.63) is 22.7 Å². The van der Waals surface area contributed by atoms with E-state index in [1.165, 1.54) is 11.3 Å². The second kappa shape index (κ2) is 6.78. The van der Waals surface area contributed by atoms with Gasteiger partial charge in [0.15, 0.2) is 0 Å². The van der Waals surface area contributed by atoms with Gasteiger partial charge in [0.1, 0.15) is 9.71 Å². The summed E-state index contributed by atoms with van der Waals surface area (Å²) in [6.07, 6.45) is 1.74. The van der Waals surface area contributed by atoms with Crippen molar-refractivity contribution in [3.8, 4) is 0 Å². The van der Waals surface area contributed by atoms with E-state index in [9.17, 15) is 9.59 Å². The number of carbonyl (C=O) groups excluding carboxylic acids is 2. The van der Waals surface area contributed by atoms with E-state index in [0.717, 1.165) is 41.8 Å². The minimum Gasteiger partial charge on any atom is -0.397 e. The van der Waals surface area contributed by atoms with Gasteiger partial charge < -0.3 is 16.0 Å². The van der Waals surface area contributed by atoms with Crippen molar-refractivity contribution in [2.75, 3.05) is 25.9 Å². The molecule has 1 aliphatic rings. The Morgan fingerprint density at radius 2 is 1.89 bits per heavy atom. The second-order valence-electron chi connectivity index (χ2n) is 8.58. The number of likely N-dealkylation sites (tertiary alicyclic amines) is 1. The van der Waals surface area contributed by atoms with E-state index in [4.69, 9.17) is 10.7 Å². The van der Waals surface area contributed by atoms with Gasteiger partial charge in [-0.1, -0.05) is 27.7 Å². The number of nitrogens with zero attached hydrogens (tertiary/aromatic N) is 2. The van der Waals surface area contributed by atoms with Crippen LogP contribution in [0.3, 0.4) is 0 Å². The highest BCUT2D eigenvalue weighted by Gasteiger charge is 2.37. The molecule has 0 atom stereocenters. The summed E-state index contributed by atoms with van der Waals surface area (Å²) < 4.78 is 0. The van der Waals surface area contributed by atoms with E-state index in [0.29, 0.717) is 10.6 Å². The lowest BCUT2D eigenvalue weighted by Crippen LogP contribution is -2.47. The zero-order valence-corrected chi connectivity index (χ0v) is 17.5. The zero-order valence-electron chi connectivity index (χ0n) is 16.7. The fourth-order valence-corrected chi connectivity index (χ4v) is 4.59. The van der Waals surface area contributed by atoms with E-state index in [2.05, 4.69) is 12.2 Å². The van der Waals surface area contributed by atoms with Gasteiger partial charge in [0, 0.05) is 42.0 Å². The number of anilines is 1. The van der Waals surface area contributed by atoms with Gasteiger partial charge in [-0.3, -0.25) is 9.59 Å². The van der Waals surface area contributed by atoms with Crippen LogP contribution in [0.2, 0.25) is 0 Å². The van der Waals surface area contributed by atoms with Gasteiger partial charge in [0.25, 0.3) is 5.91 Å². The fraction of sp³-hybridized carbons (Fsp3) is 0.550. The number of nitrogen functional groups attached to an aromatic ring is 1. The minimum atomic E-state index is -0.352. The van der Waals surface area contributed by atoms with Gasteiger partial charge in [-0.15, -0.1) is 11.3 Å². The van der Waals surface area contributed by atoms with Crippen molar-refractivity contribution in [1.82, 2.24) is 15.2 Å². The molecule has 3 rings (SSSR count). The lowest BCUT2D eigenvalue weighted by atomic mass is 9.76.